The molecule has 1 amide bonds. The zero-order chi connectivity index (χ0) is 14.5. The number of hydrogen-bond acceptors (Lipinski definition) is 3. The number of para-hydroxylation sites is 2. The number of ether oxygens (including phenoxy) is 2. The molecule has 108 valence electrons. The van der Waals surface area contributed by atoms with Crippen LogP contribution in [0.1, 0.15) is 12.8 Å². The molecule has 1 saturated carbocycles. The first kappa shape index (κ1) is 13.5. The van der Waals surface area contributed by atoms with Crippen LogP contribution < -0.4 is 9.64 Å². The normalized spacial score (nSPS) is 13.5. The van der Waals surface area contributed by atoms with Gasteiger partial charge in [0.05, 0.1) is 5.69 Å². The first-order valence-electron chi connectivity index (χ1n) is 7.04. The van der Waals surface area contributed by atoms with Gasteiger partial charge in [-0.25, -0.2) is 9.69 Å². The standard InChI is InChI=1S/C17H17NO3/c19-17(21-16-11-12-16)18(14-7-3-1-4-8-14)13-20-15-9-5-2-6-10-15/h1-10,16H,11-13H2. The highest BCUT2D eigenvalue weighted by molar-refractivity contribution is 5.87. The Labute approximate surface area is 123 Å². The van der Waals surface area contributed by atoms with Gasteiger partial charge in [0.2, 0.25) is 0 Å². The second kappa shape index (κ2) is 6.31. The zero-order valence-corrected chi connectivity index (χ0v) is 11.6. The molecule has 0 heterocycles. The van der Waals surface area contributed by atoms with Gasteiger partial charge >= 0.3 is 6.09 Å². The Hall–Kier alpha value is -2.49. The average Bonchev–Trinajstić information content (AvgIpc) is 3.33. The molecule has 1 aliphatic rings. The van der Waals surface area contributed by atoms with Gasteiger partial charge in [-0.2, -0.15) is 0 Å². The fourth-order valence-electron chi connectivity index (χ4n) is 1.89. The second-order valence-electron chi connectivity index (χ2n) is 4.93. The van der Waals surface area contributed by atoms with Crippen molar-refractivity contribution in [3.63, 3.8) is 0 Å². The van der Waals surface area contributed by atoms with Crippen LogP contribution in [0.25, 0.3) is 0 Å². The Morgan fingerprint density at radius 1 is 1.00 bits per heavy atom. The van der Waals surface area contributed by atoms with Crippen molar-refractivity contribution < 1.29 is 14.3 Å². The van der Waals surface area contributed by atoms with Crippen LogP contribution >= 0.6 is 0 Å². The first-order valence-corrected chi connectivity index (χ1v) is 7.04. The monoisotopic (exact) mass is 283 g/mol. The lowest BCUT2D eigenvalue weighted by atomic mass is 10.3. The van der Waals surface area contributed by atoms with Crippen molar-refractivity contribution in [1.29, 1.82) is 0 Å². The molecule has 2 aromatic carbocycles. The summed E-state index contributed by atoms with van der Waals surface area (Å²) in [5, 5.41) is 0. The van der Waals surface area contributed by atoms with Crippen LogP contribution in [0.3, 0.4) is 0 Å². The molecule has 4 heteroatoms. The summed E-state index contributed by atoms with van der Waals surface area (Å²) in [6, 6.07) is 18.8. The number of carbonyl (C=O) groups excluding carboxylic acids is 1. The first-order chi connectivity index (χ1) is 10.3. The van der Waals surface area contributed by atoms with E-state index in [1.165, 1.54) is 4.90 Å². The fraction of sp³-hybridized carbons (Fsp3) is 0.235. The highest BCUT2D eigenvalue weighted by Crippen LogP contribution is 2.26. The molecule has 0 atom stereocenters. The van der Waals surface area contributed by atoms with Crippen molar-refractivity contribution in [1.82, 2.24) is 0 Å². The van der Waals surface area contributed by atoms with E-state index in [9.17, 15) is 4.79 Å². The second-order valence-corrected chi connectivity index (χ2v) is 4.93. The molecular weight excluding hydrogens is 266 g/mol. The number of benzene rings is 2. The molecule has 0 saturated heterocycles. The van der Waals surface area contributed by atoms with E-state index in [4.69, 9.17) is 9.47 Å². The van der Waals surface area contributed by atoms with Crippen LogP contribution in [-0.4, -0.2) is 18.9 Å². The van der Waals surface area contributed by atoms with Crippen LogP contribution in [0.2, 0.25) is 0 Å². The Morgan fingerprint density at radius 3 is 2.24 bits per heavy atom. The van der Waals surface area contributed by atoms with Gasteiger partial charge in [-0.1, -0.05) is 36.4 Å². The molecule has 0 bridgehead atoms. The molecule has 0 radical (unpaired) electrons. The number of nitrogens with zero attached hydrogens (tertiary/aromatic N) is 1. The van der Waals surface area contributed by atoms with Crippen molar-refractivity contribution in [3.05, 3.63) is 60.7 Å². The van der Waals surface area contributed by atoms with Gasteiger partial charge in [-0.15, -0.1) is 0 Å². The minimum atomic E-state index is -0.361. The Morgan fingerprint density at radius 2 is 1.62 bits per heavy atom. The summed E-state index contributed by atoms with van der Waals surface area (Å²) < 4.78 is 11.0. The summed E-state index contributed by atoms with van der Waals surface area (Å²) in [4.78, 5) is 13.7. The molecule has 21 heavy (non-hydrogen) atoms. The molecule has 0 unspecified atom stereocenters. The minimum Gasteiger partial charge on any atom is -0.473 e. The van der Waals surface area contributed by atoms with Gasteiger partial charge in [-0.05, 0) is 37.1 Å². The number of amides is 1. The summed E-state index contributed by atoms with van der Waals surface area (Å²) in [5.74, 6) is 0.720. The molecule has 0 N–H and O–H groups in total. The number of hydrogen-bond donors (Lipinski definition) is 0. The SMILES string of the molecule is O=C(OC1CC1)N(COc1ccccc1)c1ccccc1. The lowest BCUT2D eigenvalue weighted by Crippen LogP contribution is -2.35. The molecule has 0 aliphatic heterocycles. The molecule has 0 spiro atoms. The van der Waals surface area contributed by atoms with Crippen LogP contribution in [0, 0.1) is 0 Å². The van der Waals surface area contributed by atoms with Gasteiger partial charge in [0.1, 0.15) is 11.9 Å². The summed E-state index contributed by atoms with van der Waals surface area (Å²) in [7, 11) is 0. The summed E-state index contributed by atoms with van der Waals surface area (Å²) in [6.07, 6.45) is 1.61. The highest BCUT2D eigenvalue weighted by Gasteiger charge is 2.29. The maximum atomic E-state index is 12.2. The third-order valence-corrected chi connectivity index (χ3v) is 3.18. The van der Waals surface area contributed by atoms with Crippen LogP contribution in [0.4, 0.5) is 10.5 Å². The lowest BCUT2D eigenvalue weighted by Gasteiger charge is -2.22. The Kier molecular flexibility index (Phi) is 4.05. The number of anilines is 1. The average molecular weight is 283 g/mol. The quantitative estimate of drug-likeness (QED) is 0.783. The zero-order valence-electron chi connectivity index (χ0n) is 11.6. The molecule has 0 aromatic heterocycles. The summed E-state index contributed by atoms with van der Waals surface area (Å²) >= 11 is 0. The third-order valence-electron chi connectivity index (χ3n) is 3.18. The lowest BCUT2D eigenvalue weighted by molar-refractivity contribution is 0.140. The van der Waals surface area contributed by atoms with Gasteiger partial charge in [0.15, 0.2) is 6.73 Å². The van der Waals surface area contributed by atoms with Gasteiger partial charge < -0.3 is 9.47 Å². The molecule has 4 nitrogen and oxygen atoms in total. The van der Waals surface area contributed by atoms with Crippen molar-refractivity contribution in [3.8, 4) is 5.75 Å². The van der Waals surface area contributed by atoms with E-state index >= 15 is 0 Å². The van der Waals surface area contributed by atoms with Crippen LogP contribution in [-0.2, 0) is 4.74 Å². The van der Waals surface area contributed by atoms with E-state index in [-0.39, 0.29) is 18.9 Å². The molecular formula is C17H17NO3. The van der Waals surface area contributed by atoms with Crippen molar-refractivity contribution in [2.75, 3.05) is 11.6 Å². The van der Waals surface area contributed by atoms with E-state index in [0.717, 1.165) is 24.3 Å². The number of rotatable bonds is 5. The largest absolute Gasteiger partial charge is 0.473 e. The van der Waals surface area contributed by atoms with Crippen LogP contribution in [0.15, 0.2) is 60.7 Å². The molecule has 2 aromatic rings. The fourth-order valence-corrected chi connectivity index (χ4v) is 1.89. The van der Waals surface area contributed by atoms with E-state index in [1.54, 1.807) is 0 Å². The topological polar surface area (TPSA) is 38.8 Å². The third kappa shape index (κ3) is 3.75. The van der Waals surface area contributed by atoms with E-state index < -0.39 is 0 Å². The maximum Gasteiger partial charge on any atom is 0.417 e. The van der Waals surface area contributed by atoms with Gasteiger partial charge in [0.25, 0.3) is 0 Å². The van der Waals surface area contributed by atoms with Crippen LogP contribution in [0.5, 0.6) is 5.75 Å². The van der Waals surface area contributed by atoms with Crippen molar-refractivity contribution >= 4 is 11.8 Å². The molecule has 3 rings (SSSR count). The van der Waals surface area contributed by atoms with E-state index in [0.29, 0.717) is 0 Å². The predicted octanol–water partition coefficient (Wildman–Crippen LogP) is 3.83. The molecule has 1 aliphatic carbocycles. The molecule has 1 fully saturated rings. The maximum absolute atomic E-state index is 12.2. The smallest absolute Gasteiger partial charge is 0.417 e. The van der Waals surface area contributed by atoms with Crippen molar-refractivity contribution in [2.24, 2.45) is 0 Å². The van der Waals surface area contributed by atoms with Gasteiger partial charge in [-0.3, -0.25) is 0 Å². The Bertz CT molecular complexity index is 581. The van der Waals surface area contributed by atoms with Gasteiger partial charge in [0, 0.05) is 0 Å². The predicted molar refractivity (Wildman–Crippen MR) is 80.4 cm³/mol. The summed E-state index contributed by atoms with van der Waals surface area (Å²) in [5.41, 5.74) is 0.763. The number of carbonyl (C=O) groups is 1. The summed E-state index contributed by atoms with van der Waals surface area (Å²) in [6.45, 7) is 0.125. The van der Waals surface area contributed by atoms with Crippen molar-refractivity contribution in [2.45, 2.75) is 18.9 Å². The van der Waals surface area contributed by atoms with E-state index in [1.807, 2.05) is 60.7 Å². The highest BCUT2D eigenvalue weighted by atomic mass is 16.6. The Balaban J connectivity index is 1.70. The van der Waals surface area contributed by atoms with E-state index in [2.05, 4.69) is 0 Å². The minimum absolute atomic E-state index is 0.0698.